The highest BCUT2D eigenvalue weighted by atomic mass is 32.1. The average molecular weight is 349 g/mol. The van der Waals surface area contributed by atoms with E-state index >= 15 is 0 Å². The first-order valence-corrected chi connectivity index (χ1v) is 8.99. The summed E-state index contributed by atoms with van der Waals surface area (Å²) in [5, 5.41) is 2.14. The molecule has 0 spiro atoms. The van der Waals surface area contributed by atoms with Crippen LogP contribution in [0.4, 0.5) is 0 Å². The molecular formula is C20H19N3OS. The number of aryl methyl sites for hydroxylation is 1. The van der Waals surface area contributed by atoms with Crippen LogP contribution in [0.25, 0.3) is 27.5 Å². The molecule has 2 N–H and O–H groups in total. The molecule has 2 aromatic carbocycles. The number of benzene rings is 2. The van der Waals surface area contributed by atoms with Crippen molar-refractivity contribution in [2.45, 2.75) is 13.5 Å². The summed E-state index contributed by atoms with van der Waals surface area (Å²) in [6, 6.07) is 16.5. The van der Waals surface area contributed by atoms with Gasteiger partial charge in [-0.2, -0.15) is 0 Å². The van der Waals surface area contributed by atoms with E-state index in [9.17, 15) is 0 Å². The number of fused-ring (bicyclic) bond motifs is 1. The fourth-order valence-electron chi connectivity index (χ4n) is 3.03. The molecule has 0 radical (unpaired) electrons. The highest BCUT2D eigenvalue weighted by Crippen LogP contribution is 2.33. The normalized spacial score (nSPS) is 11.2. The Morgan fingerprint density at radius 2 is 1.92 bits per heavy atom. The monoisotopic (exact) mass is 349 g/mol. The number of hydrogen-bond acceptors (Lipinski definition) is 4. The molecule has 0 aliphatic carbocycles. The maximum Gasteiger partial charge on any atom is 0.195 e. The van der Waals surface area contributed by atoms with Gasteiger partial charge in [-0.1, -0.05) is 42.0 Å². The molecular weight excluding hydrogens is 330 g/mol. The highest BCUT2D eigenvalue weighted by Gasteiger charge is 2.18. The Balaban J connectivity index is 1.92. The van der Waals surface area contributed by atoms with E-state index in [0.29, 0.717) is 6.54 Å². The number of imidazole rings is 1. The zero-order valence-electron chi connectivity index (χ0n) is 14.2. The summed E-state index contributed by atoms with van der Waals surface area (Å²) in [4.78, 5) is 5.79. The molecule has 126 valence electrons. The van der Waals surface area contributed by atoms with Gasteiger partial charge in [0.25, 0.3) is 0 Å². The topological polar surface area (TPSA) is 52.5 Å². The number of thiazole rings is 1. The summed E-state index contributed by atoms with van der Waals surface area (Å²) < 4.78 is 7.52. The van der Waals surface area contributed by atoms with Crippen LogP contribution in [-0.4, -0.2) is 16.5 Å². The second-order valence-corrected chi connectivity index (χ2v) is 6.78. The van der Waals surface area contributed by atoms with Crippen molar-refractivity contribution >= 4 is 16.3 Å². The summed E-state index contributed by atoms with van der Waals surface area (Å²) in [5.41, 5.74) is 12.6. The fourth-order valence-corrected chi connectivity index (χ4v) is 3.95. The molecule has 2 aromatic heterocycles. The molecule has 0 unspecified atom stereocenters. The molecule has 0 atom stereocenters. The molecule has 4 rings (SSSR count). The predicted octanol–water partition coefficient (Wildman–Crippen LogP) is 4.51. The van der Waals surface area contributed by atoms with Gasteiger partial charge in [0.05, 0.1) is 24.2 Å². The van der Waals surface area contributed by atoms with E-state index in [-0.39, 0.29) is 0 Å². The van der Waals surface area contributed by atoms with Crippen molar-refractivity contribution in [3.05, 3.63) is 65.2 Å². The van der Waals surface area contributed by atoms with Crippen molar-refractivity contribution < 1.29 is 4.74 Å². The Hall–Kier alpha value is -2.63. The third kappa shape index (κ3) is 2.71. The number of ether oxygens (including phenoxy) is 1. The molecule has 0 saturated heterocycles. The summed E-state index contributed by atoms with van der Waals surface area (Å²) in [7, 11) is 1.67. The standard InChI is InChI=1S/C20H19N3OS/c1-13-6-8-14(9-7-13)18-12-25-20-22-19(17(11-21)23(18)20)15-4-3-5-16(10-15)24-2/h3-10,12H,11,21H2,1-2H3. The van der Waals surface area contributed by atoms with Gasteiger partial charge in [0.15, 0.2) is 4.96 Å². The van der Waals surface area contributed by atoms with Crippen LogP contribution in [0.15, 0.2) is 53.9 Å². The van der Waals surface area contributed by atoms with Crippen molar-refractivity contribution in [3.63, 3.8) is 0 Å². The first-order valence-electron chi connectivity index (χ1n) is 8.11. The molecule has 4 aromatic rings. The Labute approximate surface area is 150 Å². The molecule has 4 nitrogen and oxygen atoms in total. The van der Waals surface area contributed by atoms with E-state index < -0.39 is 0 Å². The fraction of sp³-hybridized carbons (Fsp3) is 0.150. The minimum atomic E-state index is 0.420. The minimum Gasteiger partial charge on any atom is -0.497 e. The lowest BCUT2D eigenvalue weighted by atomic mass is 10.1. The van der Waals surface area contributed by atoms with Gasteiger partial charge >= 0.3 is 0 Å². The molecule has 0 saturated carbocycles. The summed E-state index contributed by atoms with van der Waals surface area (Å²) in [5.74, 6) is 0.815. The van der Waals surface area contributed by atoms with Crippen LogP contribution < -0.4 is 10.5 Å². The molecule has 25 heavy (non-hydrogen) atoms. The summed E-state index contributed by atoms with van der Waals surface area (Å²) in [6.45, 7) is 2.51. The smallest absolute Gasteiger partial charge is 0.195 e. The van der Waals surface area contributed by atoms with E-state index in [1.165, 1.54) is 11.1 Å². The first kappa shape index (κ1) is 15.9. The number of hydrogen-bond donors (Lipinski definition) is 1. The van der Waals surface area contributed by atoms with Gasteiger partial charge in [-0.05, 0) is 24.6 Å². The largest absolute Gasteiger partial charge is 0.497 e. The van der Waals surface area contributed by atoms with Crippen LogP contribution in [-0.2, 0) is 6.54 Å². The number of methoxy groups -OCH3 is 1. The van der Waals surface area contributed by atoms with Gasteiger partial charge in [-0.3, -0.25) is 4.40 Å². The van der Waals surface area contributed by atoms with Crippen molar-refractivity contribution in [1.29, 1.82) is 0 Å². The van der Waals surface area contributed by atoms with Crippen LogP contribution in [0.1, 0.15) is 11.3 Å². The summed E-state index contributed by atoms with van der Waals surface area (Å²) >= 11 is 1.63. The Morgan fingerprint density at radius 3 is 2.64 bits per heavy atom. The zero-order valence-corrected chi connectivity index (χ0v) is 15.0. The molecule has 0 amide bonds. The maximum atomic E-state index is 6.11. The van der Waals surface area contributed by atoms with Gasteiger partial charge in [0.2, 0.25) is 0 Å². The van der Waals surface area contributed by atoms with Gasteiger partial charge in [-0.15, -0.1) is 11.3 Å². The third-order valence-electron chi connectivity index (χ3n) is 4.34. The van der Waals surface area contributed by atoms with Crippen LogP contribution in [0.5, 0.6) is 5.75 Å². The van der Waals surface area contributed by atoms with E-state index in [1.54, 1.807) is 18.4 Å². The second-order valence-electron chi connectivity index (χ2n) is 5.95. The number of nitrogens with zero attached hydrogens (tertiary/aromatic N) is 2. The van der Waals surface area contributed by atoms with Gasteiger partial charge in [0.1, 0.15) is 5.75 Å². The van der Waals surface area contributed by atoms with E-state index in [1.807, 2.05) is 24.3 Å². The highest BCUT2D eigenvalue weighted by molar-refractivity contribution is 7.15. The third-order valence-corrected chi connectivity index (χ3v) is 5.17. The Morgan fingerprint density at radius 1 is 1.12 bits per heavy atom. The van der Waals surface area contributed by atoms with Crippen molar-refractivity contribution in [1.82, 2.24) is 9.38 Å². The Kier molecular flexibility index (Phi) is 4.03. The molecule has 0 fully saturated rings. The average Bonchev–Trinajstić information content (AvgIpc) is 3.21. The van der Waals surface area contributed by atoms with E-state index in [4.69, 9.17) is 15.5 Å². The zero-order chi connectivity index (χ0) is 17.4. The predicted molar refractivity (Wildman–Crippen MR) is 103 cm³/mol. The molecule has 0 aliphatic heterocycles. The number of aromatic nitrogens is 2. The summed E-state index contributed by atoms with van der Waals surface area (Å²) in [6.07, 6.45) is 0. The number of rotatable bonds is 4. The molecule has 5 heteroatoms. The quantitative estimate of drug-likeness (QED) is 0.590. The van der Waals surface area contributed by atoms with E-state index in [0.717, 1.165) is 33.4 Å². The maximum absolute atomic E-state index is 6.11. The molecule has 0 aliphatic rings. The number of nitrogens with two attached hydrogens (primary N) is 1. The minimum absolute atomic E-state index is 0.420. The van der Waals surface area contributed by atoms with Crippen LogP contribution in [0.2, 0.25) is 0 Å². The lowest BCUT2D eigenvalue weighted by Gasteiger charge is -2.07. The lowest BCUT2D eigenvalue weighted by Crippen LogP contribution is -2.03. The van der Waals surface area contributed by atoms with Gasteiger partial charge in [-0.25, -0.2) is 4.98 Å². The molecule has 2 heterocycles. The molecule has 0 bridgehead atoms. The SMILES string of the molecule is COc1cccc(-c2nc3scc(-c4ccc(C)cc4)n3c2CN)c1. The van der Waals surface area contributed by atoms with E-state index in [2.05, 4.69) is 41.0 Å². The first-order chi connectivity index (χ1) is 12.2. The second kappa shape index (κ2) is 6.35. The van der Waals surface area contributed by atoms with Crippen molar-refractivity contribution in [3.8, 4) is 28.3 Å². The van der Waals surface area contributed by atoms with Crippen LogP contribution in [0.3, 0.4) is 0 Å². The lowest BCUT2D eigenvalue weighted by molar-refractivity contribution is 0.415. The Bertz CT molecular complexity index is 1030. The van der Waals surface area contributed by atoms with Crippen LogP contribution >= 0.6 is 11.3 Å². The van der Waals surface area contributed by atoms with Crippen molar-refractivity contribution in [2.75, 3.05) is 7.11 Å². The van der Waals surface area contributed by atoms with Gasteiger partial charge in [0, 0.05) is 17.5 Å². The van der Waals surface area contributed by atoms with Crippen LogP contribution in [0, 0.1) is 6.92 Å². The van der Waals surface area contributed by atoms with Gasteiger partial charge < -0.3 is 10.5 Å². The van der Waals surface area contributed by atoms with Crippen molar-refractivity contribution in [2.24, 2.45) is 5.73 Å².